The minimum absolute atomic E-state index is 0.102. The summed E-state index contributed by atoms with van der Waals surface area (Å²) in [6.45, 7) is -2.55. The van der Waals surface area contributed by atoms with E-state index in [0.717, 1.165) is 5.56 Å². The molecule has 15 atom stereocenters. The number of aliphatic hydroxyl groups excluding tert-OH is 10. The van der Waals surface area contributed by atoms with Crippen LogP contribution in [0.25, 0.3) is 0 Å². The molecule has 3 fully saturated rings. The second kappa shape index (κ2) is 24.3. The molecule has 0 spiro atoms. The summed E-state index contributed by atoms with van der Waals surface area (Å²) in [6, 6.07) is 9.22. The molecule has 1 aromatic rings. The first-order valence-electron chi connectivity index (χ1n) is 19.5. The Hall–Kier alpha value is -2.57. The lowest BCUT2D eigenvalue weighted by Gasteiger charge is -2.46. The Morgan fingerprint density at radius 2 is 1.25 bits per heavy atom. The number of benzene rings is 1. The Labute approximate surface area is 345 Å². The molecule has 3 saturated heterocycles. The third-order valence-electron chi connectivity index (χ3n) is 9.98. The van der Waals surface area contributed by atoms with Gasteiger partial charge in [0.15, 0.2) is 18.9 Å². The normalized spacial score (nSPS) is 34.9. The van der Waals surface area contributed by atoms with E-state index in [0.29, 0.717) is 19.3 Å². The van der Waals surface area contributed by atoms with Crippen molar-refractivity contribution in [2.45, 2.75) is 131 Å². The summed E-state index contributed by atoms with van der Waals surface area (Å²) in [6.07, 6.45) is -24.5. The molecule has 0 bridgehead atoms. The number of carbonyl (C=O) groups excluding carboxylic acids is 2. The molecule has 0 aromatic heterocycles. The molecule has 23 nitrogen and oxygen atoms in total. The van der Waals surface area contributed by atoms with Gasteiger partial charge in [-0.05, 0) is 18.4 Å². The zero-order chi connectivity index (χ0) is 44.0. The van der Waals surface area contributed by atoms with Gasteiger partial charge < -0.3 is 89.5 Å². The van der Waals surface area contributed by atoms with Crippen LogP contribution < -0.4 is 10.0 Å². The smallest absolute Gasteiger partial charge is 0.306 e. The zero-order valence-electron chi connectivity index (χ0n) is 32.6. The molecule has 1 aromatic carbocycles. The van der Waals surface area contributed by atoms with E-state index in [1.54, 1.807) is 0 Å². The van der Waals surface area contributed by atoms with E-state index in [1.807, 2.05) is 30.3 Å². The quantitative estimate of drug-likeness (QED) is 0.0360. The minimum atomic E-state index is -3.82. The first-order valence-corrected chi connectivity index (χ1v) is 21.2. The molecule has 60 heavy (non-hydrogen) atoms. The van der Waals surface area contributed by atoms with E-state index < -0.39 is 140 Å². The maximum absolute atomic E-state index is 12.5. The largest absolute Gasteiger partial charge is 0.461 e. The number of aliphatic hydroxyl groups is 10. The molecule has 4 rings (SSSR count). The molecular formula is C36H58N2O21S. The van der Waals surface area contributed by atoms with Crippen molar-refractivity contribution in [3.63, 3.8) is 0 Å². The monoisotopic (exact) mass is 886 g/mol. The third kappa shape index (κ3) is 14.5. The number of hydrogen-bond donors (Lipinski definition) is 12. The van der Waals surface area contributed by atoms with Crippen LogP contribution in [0.1, 0.15) is 37.7 Å². The summed E-state index contributed by atoms with van der Waals surface area (Å²) in [7, 11) is -3.82. The molecule has 12 N–H and O–H groups in total. The molecule has 0 radical (unpaired) electrons. The number of rotatable bonds is 23. The van der Waals surface area contributed by atoms with Gasteiger partial charge in [0.25, 0.3) is 0 Å². The Morgan fingerprint density at radius 1 is 0.650 bits per heavy atom. The Bertz CT molecular complexity index is 1540. The van der Waals surface area contributed by atoms with E-state index >= 15 is 0 Å². The Kier molecular flexibility index (Phi) is 20.3. The van der Waals surface area contributed by atoms with Crippen molar-refractivity contribution in [1.29, 1.82) is 0 Å². The third-order valence-corrected chi connectivity index (χ3v) is 11.4. The van der Waals surface area contributed by atoms with Gasteiger partial charge in [0.2, 0.25) is 15.9 Å². The van der Waals surface area contributed by atoms with Crippen LogP contribution in [-0.2, 0) is 59.4 Å². The summed E-state index contributed by atoms with van der Waals surface area (Å²) in [5.41, 5.74) is 0.869. The van der Waals surface area contributed by atoms with Crippen LogP contribution in [0.3, 0.4) is 0 Å². The average Bonchev–Trinajstić information content (AvgIpc) is 3.23. The SMILES string of the molecule is O=C(CCS(=O)(=O)NCCCCCC(=O)OCc1ccccc1)NCCO[C@@H]1O[C@H](CO[C@H]2O[C@H](CO)[C@@H](O)[C@H](O)[C@@H]2O)[C@@H](O)[C@H](O[C@H]2O[C@H](CO)[C@@H](O)[C@H](O)[C@@H]2O)[C@@H]1O. The number of sulfonamides is 1. The minimum Gasteiger partial charge on any atom is -0.461 e. The van der Waals surface area contributed by atoms with E-state index in [4.69, 9.17) is 33.2 Å². The molecule has 0 aliphatic carbocycles. The predicted molar refractivity (Wildman–Crippen MR) is 199 cm³/mol. The maximum atomic E-state index is 12.5. The molecule has 3 heterocycles. The van der Waals surface area contributed by atoms with Crippen molar-refractivity contribution in [1.82, 2.24) is 10.0 Å². The first-order chi connectivity index (χ1) is 28.6. The molecule has 0 unspecified atom stereocenters. The number of esters is 1. The van der Waals surface area contributed by atoms with Gasteiger partial charge in [-0.2, -0.15) is 0 Å². The molecule has 3 aliphatic rings. The fourth-order valence-electron chi connectivity index (χ4n) is 6.43. The lowest BCUT2D eigenvalue weighted by Crippen LogP contribution is -2.65. The summed E-state index contributed by atoms with van der Waals surface area (Å²) < 4.78 is 65.5. The number of amides is 1. The number of nitrogens with one attached hydrogen (secondary N) is 2. The first kappa shape index (κ1) is 50.1. The van der Waals surface area contributed by atoms with Crippen LogP contribution in [-0.4, -0.2) is 209 Å². The van der Waals surface area contributed by atoms with Crippen LogP contribution in [0, 0.1) is 0 Å². The number of ether oxygens (including phenoxy) is 7. The molecule has 344 valence electrons. The lowest BCUT2D eigenvalue weighted by atomic mass is 9.96. The van der Waals surface area contributed by atoms with Gasteiger partial charge in [-0.15, -0.1) is 0 Å². The summed E-state index contributed by atoms with van der Waals surface area (Å²) >= 11 is 0. The Morgan fingerprint density at radius 3 is 1.90 bits per heavy atom. The molecule has 24 heteroatoms. The van der Waals surface area contributed by atoms with Crippen LogP contribution in [0.15, 0.2) is 30.3 Å². The van der Waals surface area contributed by atoms with Gasteiger partial charge in [0.1, 0.15) is 79.9 Å². The van der Waals surface area contributed by atoms with E-state index in [2.05, 4.69) is 10.0 Å². The predicted octanol–water partition coefficient (Wildman–Crippen LogP) is -5.82. The van der Waals surface area contributed by atoms with Crippen LogP contribution in [0.2, 0.25) is 0 Å². The highest BCUT2D eigenvalue weighted by Gasteiger charge is 2.52. The fraction of sp³-hybridized carbons (Fsp3) is 0.778. The molecule has 1 amide bonds. The van der Waals surface area contributed by atoms with Gasteiger partial charge in [0, 0.05) is 25.9 Å². The van der Waals surface area contributed by atoms with Gasteiger partial charge >= 0.3 is 5.97 Å². The van der Waals surface area contributed by atoms with Crippen molar-refractivity contribution in [2.75, 3.05) is 45.3 Å². The van der Waals surface area contributed by atoms with E-state index in [9.17, 15) is 69.1 Å². The zero-order valence-corrected chi connectivity index (χ0v) is 33.4. The lowest BCUT2D eigenvalue weighted by molar-refractivity contribution is -0.366. The summed E-state index contributed by atoms with van der Waals surface area (Å²) in [5, 5.41) is 105. The standard InChI is InChI=1S/C36H58N2O21S/c39-15-20-25(43)28(46)30(48)34(56-20)55-18-22-27(45)33(59-36-31(49)29(47)26(44)21(16-40)57-36)32(50)35(58-22)53-13-12-37-23(41)10-14-60(51,52)38-11-6-2-5-9-24(42)54-17-19-7-3-1-4-8-19/h1,3-4,7-8,20-22,25-36,38-40,43-50H,2,5-6,9-18H2,(H,37,41)/t20-,21-,22-,25-,26-,27-,28+,29+,30+,31+,32+,33+,34+,35-,36-/m1/s1. The van der Waals surface area contributed by atoms with Gasteiger partial charge in [-0.25, -0.2) is 13.1 Å². The van der Waals surface area contributed by atoms with E-state index in [-0.39, 0.29) is 38.7 Å². The van der Waals surface area contributed by atoms with Crippen molar-refractivity contribution in [3.8, 4) is 0 Å². The number of carbonyl (C=O) groups is 2. The van der Waals surface area contributed by atoms with Gasteiger partial charge in [-0.3, -0.25) is 9.59 Å². The highest BCUT2D eigenvalue weighted by Crippen LogP contribution is 2.31. The van der Waals surface area contributed by atoms with Crippen LogP contribution in [0.4, 0.5) is 0 Å². The van der Waals surface area contributed by atoms with Crippen molar-refractivity contribution in [2.24, 2.45) is 0 Å². The van der Waals surface area contributed by atoms with Gasteiger partial charge in [0.05, 0.1) is 32.2 Å². The van der Waals surface area contributed by atoms with Crippen molar-refractivity contribution < 1.29 is 102 Å². The maximum Gasteiger partial charge on any atom is 0.306 e. The number of hydrogen-bond acceptors (Lipinski definition) is 21. The number of unbranched alkanes of at least 4 members (excludes halogenated alkanes) is 2. The van der Waals surface area contributed by atoms with Crippen molar-refractivity contribution in [3.05, 3.63) is 35.9 Å². The topological polar surface area (TPSA) is 359 Å². The summed E-state index contributed by atoms with van der Waals surface area (Å²) in [4.78, 5) is 24.4. The van der Waals surface area contributed by atoms with Crippen molar-refractivity contribution >= 4 is 21.9 Å². The van der Waals surface area contributed by atoms with Crippen LogP contribution >= 0.6 is 0 Å². The highest BCUT2D eigenvalue weighted by atomic mass is 32.2. The van der Waals surface area contributed by atoms with E-state index in [1.165, 1.54) is 0 Å². The second-order valence-corrected chi connectivity index (χ2v) is 16.4. The molecule has 0 saturated carbocycles. The van der Waals surface area contributed by atoms with Crippen LogP contribution in [0.5, 0.6) is 0 Å². The summed E-state index contributed by atoms with van der Waals surface area (Å²) in [5.74, 6) is -1.54. The molecule has 3 aliphatic heterocycles. The highest BCUT2D eigenvalue weighted by molar-refractivity contribution is 7.89. The van der Waals surface area contributed by atoms with Gasteiger partial charge in [-0.1, -0.05) is 36.8 Å². The second-order valence-electron chi connectivity index (χ2n) is 14.5. The molecular weight excluding hydrogens is 828 g/mol. The average molecular weight is 887 g/mol. The Balaban J connectivity index is 1.23. The fourth-order valence-corrected chi connectivity index (χ4v) is 7.48.